The van der Waals surface area contributed by atoms with Crippen molar-refractivity contribution in [2.24, 2.45) is 4.99 Å². The van der Waals surface area contributed by atoms with Crippen molar-refractivity contribution in [3.8, 4) is 0 Å². The zero-order valence-electron chi connectivity index (χ0n) is 13.4. The van der Waals surface area contributed by atoms with Crippen molar-refractivity contribution in [3.05, 3.63) is 100 Å². The molecule has 1 spiro atoms. The van der Waals surface area contributed by atoms with Crippen molar-refractivity contribution in [3.63, 3.8) is 0 Å². The summed E-state index contributed by atoms with van der Waals surface area (Å²) in [7, 11) is 0. The van der Waals surface area contributed by atoms with Gasteiger partial charge in [0, 0.05) is 10.6 Å². The van der Waals surface area contributed by atoms with E-state index in [0.29, 0.717) is 17.0 Å². The van der Waals surface area contributed by atoms with Crippen LogP contribution in [0.2, 0.25) is 5.02 Å². The number of Topliss-reactive ketones (excluding diaryl/α,β-unsaturated/α-hetero) is 1. The fourth-order valence-electron chi connectivity index (χ4n) is 4.10. The van der Waals surface area contributed by atoms with Gasteiger partial charge in [0.05, 0.1) is 11.4 Å². The highest BCUT2D eigenvalue weighted by atomic mass is 35.5. The predicted molar refractivity (Wildman–Crippen MR) is 100 cm³/mol. The number of hydrogen-bond acceptors (Lipinski definition) is 2. The zero-order chi connectivity index (χ0) is 17.0. The molecule has 0 amide bonds. The fraction of sp³-hybridized carbons (Fsp3) is 0.0909. The van der Waals surface area contributed by atoms with Crippen LogP contribution < -0.4 is 0 Å². The molecule has 0 saturated carbocycles. The Balaban J connectivity index is 1.79. The maximum Gasteiger partial charge on any atom is 0.180 e. The van der Waals surface area contributed by atoms with Gasteiger partial charge < -0.3 is 0 Å². The Hall–Kier alpha value is -2.71. The van der Waals surface area contributed by atoms with Gasteiger partial charge in [0.25, 0.3) is 0 Å². The van der Waals surface area contributed by atoms with Gasteiger partial charge in [-0.15, -0.1) is 0 Å². The van der Waals surface area contributed by atoms with Crippen LogP contribution in [0.4, 0.5) is 5.69 Å². The van der Waals surface area contributed by atoms with Gasteiger partial charge in [-0.05, 0) is 41.3 Å². The largest absolute Gasteiger partial charge is 0.293 e. The molecule has 3 aromatic rings. The van der Waals surface area contributed by atoms with Crippen LogP contribution >= 0.6 is 11.6 Å². The summed E-state index contributed by atoms with van der Waals surface area (Å²) in [6, 6.07) is 23.6. The smallest absolute Gasteiger partial charge is 0.180 e. The Morgan fingerprint density at radius 3 is 2.52 bits per heavy atom. The Labute approximate surface area is 150 Å². The van der Waals surface area contributed by atoms with Gasteiger partial charge >= 0.3 is 0 Å². The van der Waals surface area contributed by atoms with E-state index < -0.39 is 5.41 Å². The van der Waals surface area contributed by atoms with Gasteiger partial charge in [0.2, 0.25) is 0 Å². The molecule has 0 bridgehead atoms. The lowest BCUT2D eigenvalue weighted by Gasteiger charge is -2.25. The van der Waals surface area contributed by atoms with Gasteiger partial charge in [0.1, 0.15) is 5.41 Å². The van der Waals surface area contributed by atoms with E-state index >= 15 is 0 Å². The average Bonchev–Trinajstić information content (AvgIpc) is 3.13. The molecule has 25 heavy (non-hydrogen) atoms. The second-order valence-electron chi connectivity index (χ2n) is 6.56. The number of halogens is 1. The lowest BCUT2D eigenvalue weighted by Crippen LogP contribution is -2.40. The number of fused-ring (bicyclic) bond motifs is 3. The molecule has 0 aromatic heterocycles. The van der Waals surface area contributed by atoms with E-state index in [-0.39, 0.29) is 5.78 Å². The SMILES string of the molecule is O=C1c2cc(Cl)ccc2CC12C(c1ccccc1)=Nc1ccccc12. The van der Waals surface area contributed by atoms with Crippen molar-refractivity contribution in [2.45, 2.75) is 11.8 Å². The summed E-state index contributed by atoms with van der Waals surface area (Å²) in [5.41, 5.74) is 4.71. The zero-order valence-corrected chi connectivity index (χ0v) is 14.1. The highest BCUT2D eigenvalue weighted by Crippen LogP contribution is 2.50. The van der Waals surface area contributed by atoms with Crippen LogP contribution in [0.15, 0.2) is 77.8 Å². The Morgan fingerprint density at radius 2 is 1.68 bits per heavy atom. The second-order valence-corrected chi connectivity index (χ2v) is 6.99. The van der Waals surface area contributed by atoms with Crippen molar-refractivity contribution >= 4 is 28.8 Å². The molecular weight excluding hydrogens is 330 g/mol. The Kier molecular flexibility index (Phi) is 3.01. The lowest BCUT2D eigenvalue weighted by atomic mass is 9.72. The summed E-state index contributed by atoms with van der Waals surface area (Å²) < 4.78 is 0. The first-order valence-corrected chi connectivity index (χ1v) is 8.65. The number of carbonyl (C=O) groups is 1. The first-order chi connectivity index (χ1) is 12.2. The molecule has 3 heteroatoms. The Bertz CT molecular complexity index is 1050. The minimum absolute atomic E-state index is 0.0950. The van der Waals surface area contributed by atoms with Gasteiger partial charge in [0.15, 0.2) is 5.78 Å². The van der Waals surface area contributed by atoms with Crippen LogP contribution in [-0.2, 0) is 11.8 Å². The molecule has 0 N–H and O–H groups in total. The quantitative estimate of drug-likeness (QED) is 0.600. The maximum atomic E-state index is 13.6. The number of aliphatic imine (C=N–C) groups is 1. The number of nitrogens with zero attached hydrogens (tertiary/aromatic N) is 1. The molecule has 1 atom stereocenters. The van der Waals surface area contributed by atoms with E-state index in [9.17, 15) is 4.79 Å². The first-order valence-electron chi connectivity index (χ1n) is 8.27. The van der Waals surface area contributed by atoms with Gasteiger partial charge in [-0.2, -0.15) is 0 Å². The molecule has 1 heterocycles. The van der Waals surface area contributed by atoms with E-state index in [2.05, 4.69) is 0 Å². The van der Waals surface area contributed by atoms with Crippen molar-refractivity contribution < 1.29 is 4.79 Å². The summed E-state index contributed by atoms with van der Waals surface area (Å²) in [6.07, 6.45) is 0.628. The van der Waals surface area contributed by atoms with E-state index in [1.807, 2.05) is 66.7 Å². The molecule has 2 nitrogen and oxygen atoms in total. The van der Waals surface area contributed by atoms with E-state index in [0.717, 1.165) is 28.1 Å². The fourth-order valence-corrected chi connectivity index (χ4v) is 4.27. The molecule has 120 valence electrons. The summed E-state index contributed by atoms with van der Waals surface area (Å²) in [5.74, 6) is 0.0950. The highest BCUT2D eigenvalue weighted by Gasteiger charge is 2.54. The number of carbonyl (C=O) groups excluding carboxylic acids is 1. The third kappa shape index (κ3) is 1.92. The summed E-state index contributed by atoms with van der Waals surface area (Å²) in [5, 5.41) is 0.591. The second kappa shape index (κ2) is 5.14. The Morgan fingerprint density at radius 1 is 0.920 bits per heavy atom. The van der Waals surface area contributed by atoms with Crippen molar-refractivity contribution in [1.29, 1.82) is 0 Å². The molecule has 0 radical (unpaired) electrons. The molecular formula is C22H14ClNO. The molecule has 5 rings (SSSR count). The molecule has 0 saturated heterocycles. The third-order valence-corrected chi connectivity index (χ3v) is 5.44. The van der Waals surface area contributed by atoms with Crippen molar-refractivity contribution in [2.75, 3.05) is 0 Å². The van der Waals surface area contributed by atoms with Crippen LogP contribution in [0, 0.1) is 0 Å². The van der Waals surface area contributed by atoms with Gasteiger partial charge in [-0.3, -0.25) is 9.79 Å². The number of ketones is 1. The maximum absolute atomic E-state index is 13.6. The molecule has 3 aromatic carbocycles. The summed E-state index contributed by atoms with van der Waals surface area (Å²) in [4.78, 5) is 18.5. The molecule has 1 aliphatic carbocycles. The monoisotopic (exact) mass is 343 g/mol. The van der Waals surface area contributed by atoms with E-state index in [4.69, 9.17) is 16.6 Å². The van der Waals surface area contributed by atoms with E-state index in [1.165, 1.54) is 0 Å². The van der Waals surface area contributed by atoms with Crippen LogP contribution in [0.5, 0.6) is 0 Å². The predicted octanol–water partition coefficient (Wildman–Crippen LogP) is 5.15. The molecule has 2 aliphatic rings. The highest BCUT2D eigenvalue weighted by molar-refractivity contribution is 6.33. The van der Waals surface area contributed by atoms with Crippen LogP contribution in [-0.4, -0.2) is 11.5 Å². The lowest BCUT2D eigenvalue weighted by molar-refractivity contribution is 0.0947. The minimum Gasteiger partial charge on any atom is -0.293 e. The minimum atomic E-state index is -0.745. The van der Waals surface area contributed by atoms with Gasteiger partial charge in [-0.25, -0.2) is 0 Å². The number of benzene rings is 3. The van der Waals surface area contributed by atoms with Crippen LogP contribution in [0.3, 0.4) is 0 Å². The third-order valence-electron chi connectivity index (χ3n) is 5.21. The molecule has 1 unspecified atom stereocenters. The molecule has 1 aliphatic heterocycles. The first kappa shape index (κ1) is 14.6. The number of hydrogen-bond donors (Lipinski definition) is 0. The topological polar surface area (TPSA) is 29.4 Å². The molecule has 0 fully saturated rings. The van der Waals surface area contributed by atoms with Crippen LogP contribution in [0.25, 0.3) is 0 Å². The standard InChI is InChI=1S/C22H14ClNO/c23-16-11-10-15-13-22(21(25)17(15)12-16)18-8-4-5-9-19(18)24-20(22)14-6-2-1-3-7-14/h1-12H,13H2. The number of rotatable bonds is 1. The van der Waals surface area contributed by atoms with Crippen molar-refractivity contribution in [1.82, 2.24) is 0 Å². The average molecular weight is 344 g/mol. The van der Waals surface area contributed by atoms with E-state index in [1.54, 1.807) is 6.07 Å². The number of para-hydroxylation sites is 1. The normalized spacial score (nSPS) is 20.5. The summed E-state index contributed by atoms with van der Waals surface area (Å²) >= 11 is 6.15. The van der Waals surface area contributed by atoms with Crippen LogP contribution in [0.1, 0.15) is 27.0 Å². The summed E-state index contributed by atoms with van der Waals surface area (Å²) in [6.45, 7) is 0. The van der Waals surface area contributed by atoms with Gasteiger partial charge in [-0.1, -0.05) is 66.2 Å².